The number of nitrogens with one attached hydrogen (secondary N) is 1. The summed E-state index contributed by atoms with van der Waals surface area (Å²) < 4.78 is 17.9. The maximum Gasteiger partial charge on any atom is 0.223 e. The Morgan fingerprint density at radius 3 is 2.71 bits per heavy atom. The van der Waals surface area contributed by atoms with Gasteiger partial charge in [0.1, 0.15) is 11.3 Å². The average molecular weight is 462 g/mol. The third kappa shape index (κ3) is 4.28. The lowest BCUT2D eigenvalue weighted by Crippen LogP contribution is -2.40. The number of benzene rings is 1. The van der Waals surface area contributed by atoms with E-state index in [2.05, 4.69) is 15.2 Å². The van der Waals surface area contributed by atoms with Crippen LogP contribution in [0.1, 0.15) is 18.6 Å². The molecular weight excluding hydrogens is 434 g/mol. The standard InChI is InChI=1S/C25H27N5O4/c1-32-22-6-5-18(14-23(22)33-2)20-15-21-24(26-9-12-30(21)28-20)29-10-7-17(8-11-29)25(31)27-16-19-4-3-13-34-19/h3-6,9,12-15,17H,7-8,10-11,16H2,1-2H3,(H,27,31). The second-order valence-corrected chi connectivity index (χ2v) is 8.24. The quantitative estimate of drug-likeness (QED) is 0.450. The van der Waals surface area contributed by atoms with Gasteiger partial charge in [0.15, 0.2) is 17.3 Å². The van der Waals surface area contributed by atoms with Crippen molar-refractivity contribution < 1.29 is 18.7 Å². The molecule has 1 saturated heterocycles. The number of furan rings is 1. The van der Waals surface area contributed by atoms with E-state index in [9.17, 15) is 4.79 Å². The minimum absolute atomic E-state index is 0.0156. The van der Waals surface area contributed by atoms with Crippen LogP contribution in [0.3, 0.4) is 0 Å². The zero-order valence-electron chi connectivity index (χ0n) is 19.2. The summed E-state index contributed by atoms with van der Waals surface area (Å²) in [5.74, 6) is 3.01. The van der Waals surface area contributed by atoms with Crippen molar-refractivity contribution in [2.24, 2.45) is 5.92 Å². The second-order valence-electron chi connectivity index (χ2n) is 8.24. The van der Waals surface area contributed by atoms with Gasteiger partial charge >= 0.3 is 0 Å². The molecule has 1 fully saturated rings. The zero-order valence-corrected chi connectivity index (χ0v) is 19.2. The van der Waals surface area contributed by atoms with Crippen molar-refractivity contribution in [3.8, 4) is 22.8 Å². The average Bonchev–Trinajstić information content (AvgIpc) is 3.57. The Morgan fingerprint density at radius 1 is 1.15 bits per heavy atom. The fourth-order valence-corrected chi connectivity index (χ4v) is 4.37. The monoisotopic (exact) mass is 461 g/mol. The van der Waals surface area contributed by atoms with Crippen LogP contribution in [0, 0.1) is 5.92 Å². The molecule has 0 radical (unpaired) electrons. The molecule has 1 amide bonds. The fraction of sp³-hybridized carbons (Fsp3) is 0.320. The van der Waals surface area contributed by atoms with Gasteiger partial charge in [-0.2, -0.15) is 5.10 Å². The molecule has 1 N–H and O–H groups in total. The molecule has 3 aromatic heterocycles. The van der Waals surface area contributed by atoms with Crippen molar-refractivity contribution in [1.82, 2.24) is 19.9 Å². The molecule has 0 atom stereocenters. The Balaban J connectivity index is 1.30. The van der Waals surface area contributed by atoms with Crippen molar-refractivity contribution in [3.63, 3.8) is 0 Å². The normalized spacial score (nSPS) is 14.4. The first-order valence-electron chi connectivity index (χ1n) is 11.3. The highest BCUT2D eigenvalue weighted by Gasteiger charge is 2.27. The van der Waals surface area contributed by atoms with Gasteiger partial charge in [0, 0.05) is 37.0 Å². The number of ether oxygens (including phenoxy) is 2. The highest BCUT2D eigenvalue weighted by molar-refractivity contribution is 5.80. The molecule has 34 heavy (non-hydrogen) atoms. The van der Waals surface area contributed by atoms with E-state index < -0.39 is 0 Å². The van der Waals surface area contributed by atoms with Crippen LogP contribution >= 0.6 is 0 Å². The van der Waals surface area contributed by atoms with E-state index in [1.807, 2.05) is 47.1 Å². The molecule has 1 aliphatic heterocycles. The summed E-state index contributed by atoms with van der Waals surface area (Å²) in [6.45, 7) is 1.92. The molecule has 4 aromatic rings. The van der Waals surface area contributed by atoms with Crippen LogP contribution in [0.15, 0.2) is 59.5 Å². The van der Waals surface area contributed by atoms with Gasteiger partial charge in [-0.15, -0.1) is 0 Å². The van der Waals surface area contributed by atoms with Crippen molar-refractivity contribution in [3.05, 3.63) is 60.8 Å². The summed E-state index contributed by atoms with van der Waals surface area (Å²) in [4.78, 5) is 19.5. The van der Waals surface area contributed by atoms with E-state index in [4.69, 9.17) is 19.0 Å². The minimum Gasteiger partial charge on any atom is -0.493 e. The number of hydrogen-bond acceptors (Lipinski definition) is 7. The number of carbonyl (C=O) groups is 1. The highest BCUT2D eigenvalue weighted by atomic mass is 16.5. The van der Waals surface area contributed by atoms with Crippen LogP contribution < -0.4 is 19.7 Å². The third-order valence-electron chi connectivity index (χ3n) is 6.23. The maximum absolute atomic E-state index is 12.6. The molecule has 0 aliphatic carbocycles. The number of aromatic nitrogens is 3. The molecule has 1 aromatic carbocycles. The van der Waals surface area contributed by atoms with E-state index in [1.54, 1.807) is 26.7 Å². The van der Waals surface area contributed by atoms with Gasteiger partial charge in [0.2, 0.25) is 5.91 Å². The molecule has 9 heteroatoms. The van der Waals surface area contributed by atoms with Crippen LogP contribution in [-0.4, -0.2) is 47.8 Å². The smallest absolute Gasteiger partial charge is 0.223 e. The predicted octanol–water partition coefficient (Wildman–Crippen LogP) is 3.54. The van der Waals surface area contributed by atoms with Crippen LogP contribution in [0.2, 0.25) is 0 Å². The van der Waals surface area contributed by atoms with Crippen LogP contribution in [0.25, 0.3) is 16.8 Å². The van der Waals surface area contributed by atoms with Crippen molar-refractivity contribution in [1.29, 1.82) is 0 Å². The van der Waals surface area contributed by atoms with Gasteiger partial charge in [0.25, 0.3) is 0 Å². The van der Waals surface area contributed by atoms with E-state index >= 15 is 0 Å². The number of amides is 1. The number of piperidine rings is 1. The van der Waals surface area contributed by atoms with Crippen LogP contribution in [-0.2, 0) is 11.3 Å². The number of carbonyl (C=O) groups excluding carboxylic acids is 1. The molecule has 5 rings (SSSR count). The molecule has 0 saturated carbocycles. The first kappa shape index (κ1) is 21.8. The van der Waals surface area contributed by atoms with Crippen LogP contribution in [0.4, 0.5) is 5.82 Å². The second kappa shape index (κ2) is 9.46. The summed E-state index contributed by atoms with van der Waals surface area (Å²) in [6.07, 6.45) is 6.75. The number of anilines is 1. The summed E-state index contributed by atoms with van der Waals surface area (Å²) in [6, 6.07) is 11.5. The van der Waals surface area contributed by atoms with Gasteiger partial charge in [-0.1, -0.05) is 0 Å². The first-order valence-corrected chi connectivity index (χ1v) is 11.3. The number of fused-ring (bicyclic) bond motifs is 1. The summed E-state index contributed by atoms with van der Waals surface area (Å²) in [7, 11) is 3.24. The van der Waals surface area contributed by atoms with E-state index in [-0.39, 0.29) is 11.8 Å². The van der Waals surface area contributed by atoms with Gasteiger partial charge < -0.3 is 24.1 Å². The third-order valence-corrected chi connectivity index (χ3v) is 6.23. The number of methoxy groups -OCH3 is 2. The van der Waals surface area contributed by atoms with E-state index in [0.29, 0.717) is 18.0 Å². The van der Waals surface area contributed by atoms with Crippen molar-refractivity contribution in [2.75, 3.05) is 32.2 Å². The molecule has 9 nitrogen and oxygen atoms in total. The lowest BCUT2D eigenvalue weighted by atomic mass is 9.96. The van der Waals surface area contributed by atoms with E-state index in [0.717, 1.165) is 54.3 Å². The molecule has 176 valence electrons. The Labute approximate surface area is 197 Å². The Morgan fingerprint density at radius 2 is 1.97 bits per heavy atom. The van der Waals surface area contributed by atoms with Gasteiger partial charge in [0.05, 0.1) is 32.7 Å². The Bertz CT molecular complexity index is 1280. The molecule has 1 aliphatic rings. The SMILES string of the molecule is COc1ccc(-c2cc3c(N4CCC(C(=O)NCc5ccco5)CC4)nccn3n2)cc1OC. The molecule has 4 heterocycles. The fourth-order valence-electron chi connectivity index (χ4n) is 4.37. The topological polar surface area (TPSA) is 94.1 Å². The summed E-state index contributed by atoms with van der Waals surface area (Å²) >= 11 is 0. The lowest BCUT2D eigenvalue weighted by Gasteiger charge is -2.32. The first-order chi connectivity index (χ1) is 16.7. The molecular formula is C25H27N5O4. The van der Waals surface area contributed by atoms with Crippen molar-refractivity contribution in [2.45, 2.75) is 19.4 Å². The Hall–Kier alpha value is -4.01. The number of rotatable bonds is 7. The molecule has 0 bridgehead atoms. The van der Waals surface area contributed by atoms with Gasteiger partial charge in [-0.3, -0.25) is 4.79 Å². The maximum atomic E-state index is 12.6. The van der Waals surface area contributed by atoms with Gasteiger partial charge in [-0.05, 0) is 49.2 Å². The number of nitrogens with zero attached hydrogens (tertiary/aromatic N) is 4. The molecule has 0 unspecified atom stereocenters. The minimum atomic E-state index is -0.0156. The van der Waals surface area contributed by atoms with Crippen LogP contribution in [0.5, 0.6) is 11.5 Å². The lowest BCUT2D eigenvalue weighted by molar-refractivity contribution is -0.125. The highest BCUT2D eigenvalue weighted by Crippen LogP contribution is 2.33. The largest absolute Gasteiger partial charge is 0.493 e. The predicted molar refractivity (Wildman–Crippen MR) is 127 cm³/mol. The summed E-state index contributed by atoms with van der Waals surface area (Å²) in [5, 5.41) is 7.72. The Kier molecular flexibility index (Phi) is 6.07. The number of hydrogen-bond donors (Lipinski definition) is 1. The van der Waals surface area contributed by atoms with Crippen molar-refractivity contribution >= 4 is 17.2 Å². The molecule has 0 spiro atoms. The zero-order chi connectivity index (χ0) is 23.5. The van der Waals surface area contributed by atoms with E-state index in [1.165, 1.54) is 0 Å². The summed E-state index contributed by atoms with van der Waals surface area (Å²) in [5.41, 5.74) is 2.68. The van der Waals surface area contributed by atoms with Gasteiger partial charge in [-0.25, -0.2) is 9.50 Å².